The predicted molar refractivity (Wildman–Crippen MR) is 113 cm³/mol. The number of nitrogens with one attached hydrogen (secondary N) is 1. The van der Waals surface area contributed by atoms with Crippen LogP contribution < -0.4 is 5.32 Å². The maximum absolute atomic E-state index is 13.4. The summed E-state index contributed by atoms with van der Waals surface area (Å²) in [6.07, 6.45) is 5.43. The first-order chi connectivity index (χ1) is 15.0. The molecule has 0 aliphatic heterocycles. The minimum atomic E-state index is -0.332. The van der Waals surface area contributed by atoms with Gasteiger partial charge in [0.25, 0.3) is 0 Å². The van der Waals surface area contributed by atoms with Gasteiger partial charge in [0.2, 0.25) is 5.91 Å². The number of imidazole rings is 1. The lowest BCUT2D eigenvalue weighted by atomic mass is 10.1. The first-order valence-electron chi connectivity index (χ1n) is 9.82. The van der Waals surface area contributed by atoms with Gasteiger partial charge in [0.05, 0.1) is 19.2 Å². The highest BCUT2D eigenvalue weighted by atomic mass is 19.1. The summed E-state index contributed by atoms with van der Waals surface area (Å²) in [4.78, 5) is 16.7. The Labute approximate surface area is 178 Å². The number of carbonyl (C=O) groups excluding carboxylic acids is 1. The molecule has 0 aliphatic carbocycles. The van der Waals surface area contributed by atoms with E-state index in [0.717, 1.165) is 28.2 Å². The van der Waals surface area contributed by atoms with Gasteiger partial charge in [-0.2, -0.15) is 5.10 Å². The largest absolute Gasteiger partial charge is 0.354 e. The van der Waals surface area contributed by atoms with Gasteiger partial charge in [-0.05, 0) is 35.4 Å². The number of rotatable bonds is 7. The molecule has 8 heteroatoms. The molecular formula is C23H21F2N5O. The second kappa shape index (κ2) is 8.91. The molecule has 2 aromatic carbocycles. The Hall–Kier alpha value is -3.81. The molecule has 158 valence electrons. The van der Waals surface area contributed by atoms with Gasteiger partial charge in [0.1, 0.15) is 17.3 Å². The number of carbonyl (C=O) groups is 1. The van der Waals surface area contributed by atoms with E-state index < -0.39 is 0 Å². The van der Waals surface area contributed by atoms with Crippen LogP contribution >= 0.6 is 0 Å². The molecule has 0 bridgehead atoms. The molecule has 0 saturated heterocycles. The normalized spacial score (nSPS) is 10.9. The number of halogens is 2. The second-order valence-electron chi connectivity index (χ2n) is 7.15. The summed E-state index contributed by atoms with van der Waals surface area (Å²) >= 11 is 0. The molecule has 0 saturated carbocycles. The number of hydrogen-bond donors (Lipinski definition) is 1. The fourth-order valence-corrected chi connectivity index (χ4v) is 3.38. The third-order valence-corrected chi connectivity index (χ3v) is 4.95. The summed E-state index contributed by atoms with van der Waals surface area (Å²) in [6.45, 7) is 0.792. The summed E-state index contributed by atoms with van der Waals surface area (Å²) in [7, 11) is 1.89. The topological polar surface area (TPSA) is 64.7 Å². The lowest BCUT2D eigenvalue weighted by Crippen LogP contribution is -2.29. The maximum atomic E-state index is 13.4. The van der Waals surface area contributed by atoms with Crippen LogP contribution in [0, 0.1) is 11.6 Å². The predicted octanol–water partition coefficient (Wildman–Crippen LogP) is 3.59. The van der Waals surface area contributed by atoms with E-state index in [-0.39, 0.29) is 24.0 Å². The minimum absolute atomic E-state index is 0.156. The number of amides is 1. The van der Waals surface area contributed by atoms with E-state index in [9.17, 15) is 13.6 Å². The van der Waals surface area contributed by atoms with E-state index >= 15 is 0 Å². The van der Waals surface area contributed by atoms with E-state index in [1.807, 2.05) is 17.8 Å². The van der Waals surface area contributed by atoms with Gasteiger partial charge >= 0.3 is 0 Å². The third kappa shape index (κ3) is 4.69. The fourth-order valence-electron chi connectivity index (χ4n) is 3.38. The molecule has 0 unspecified atom stereocenters. The van der Waals surface area contributed by atoms with Gasteiger partial charge in [0.15, 0.2) is 5.82 Å². The van der Waals surface area contributed by atoms with Crippen molar-refractivity contribution in [2.24, 2.45) is 7.05 Å². The van der Waals surface area contributed by atoms with E-state index in [1.165, 1.54) is 24.3 Å². The van der Waals surface area contributed by atoms with Crippen LogP contribution in [0.4, 0.5) is 8.78 Å². The van der Waals surface area contributed by atoms with Crippen molar-refractivity contribution in [3.8, 4) is 22.6 Å². The zero-order chi connectivity index (χ0) is 21.8. The Morgan fingerprint density at radius 3 is 2.35 bits per heavy atom. The number of benzene rings is 2. The molecule has 0 atom stereocenters. The molecule has 1 amide bonds. The van der Waals surface area contributed by atoms with E-state index in [1.54, 1.807) is 41.3 Å². The van der Waals surface area contributed by atoms with Crippen LogP contribution in [0.1, 0.15) is 5.56 Å². The zero-order valence-electron chi connectivity index (χ0n) is 16.9. The van der Waals surface area contributed by atoms with Gasteiger partial charge in [-0.25, -0.2) is 13.8 Å². The van der Waals surface area contributed by atoms with Crippen molar-refractivity contribution in [1.29, 1.82) is 0 Å². The quantitative estimate of drug-likeness (QED) is 0.496. The van der Waals surface area contributed by atoms with Crippen LogP contribution in [-0.4, -0.2) is 31.8 Å². The molecule has 1 N–H and O–H groups in total. The Morgan fingerprint density at radius 2 is 1.71 bits per heavy atom. The van der Waals surface area contributed by atoms with Crippen molar-refractivity contribution >= 4 is 5.91 Å². The standard InChI is InChI=1S/C23H21F2N5O/c1-29-12-10-27-23(29)22-20(17-4-8-19(25)9-5-17)15-28-30(22)13-11-26-21(31)14-16-2-6-18(24)7-3-16/h2-10,12,15H,11,13-14H2,1H3,(H,26,31). The van der Waals surface area contributed by atoms with Crippen molar-refractivity contribution in [3.63, 3.8) is 0 Å². The Balaban J connectivity index is 1.50. The lowest BCUT2D eigenvalue weighted by Gasteiger charge is -2.11. The summed E-state index contributed by atoms with van der Waals surface area (Å²) in [5.41, 5.74) is 3.18. The lowest BCUT2D eigenvalue weighted by molar-refractivity contribution is -0.120. The molecule has 4 rings (SSSR count). The molecule has 6 nitrogen and oxygen atoms in total. The molecule has 4 aromatic rings. The maximum Gasteiger partial charge on any atom is 0.224 e. The van der Waals surface area contributed by atoms with Crippen molar-refractivity contribution in [2.75, 3.05) is 6.54 Å². The monoisotopic (exact) mass is 421 g/mol. The Kier molecular flexibility index (Phi) is 5.88. The van der Waals surface area contributed by atoms with Crippen LogP contribution in [0.5, 0.6) is 0 Å². The van der Waals surface area contributed by atoms with Gasteiger partial charge in [-0.15, -0.1) is 0 Å². The molecule has 0 aliphatic rings. The molecule has 2 heterocycles. The average Bonchev–Trinajstić information content (AvgIpc) is 3.36. The first-order valence-corrected chi connectivity index (χ1v) is 9.82. The molecule has 31 heavy (non-hydrogen) atoms. The number of nitrogens with zero attached hydrogens (tertiary/aromatic N) is 4. The van der Waals surface area contributed by atoms with E-state index in [0.29, 0.717) is 13.1 Å². The number of hydrogen-bond acceptors (Lipinski definition) is 3. The fraction of sp³-hybridized carbons (Fsp3) is 0.174. The molecular weight excluding hydrogens is 400 g/mol. The number of aryl methyl sites for hydroxylation is 1. The molecule has 2 aromatic heterocycles. The van der Waals surface area contributed by atoms with Crippen molar-refractivity contribution in [2.45, 2.75) is 13.0 Å². The first kappa shape index (κ1) is 20.5. The third-order valence-electron chi connectivity index (χ3n) is 4.95. The van der Waals surface area contributed by atoms with Crippen LogP contribution in [0.3, 0.4) is 0 Å². The summed E-state index contributed by atoms with van der Waals surface area (Å²) < 4.78 is 30.0. The smallest absolute Gasteiger partial charge is 0.224 e. The highest BCUT2D eigenvalue weighted by molar-refractivity contribution is 5.79. The molecule has 0 radical (unpaired) electrons. The van der Waals surface area contributed by atoms with E-state index in [4.69, 9.17) is 0 Å². The van der Waals surface area contributed by atoms with Crippen molar-refractivity contribution in [1.82, 2.24) is 24.6 Å². The zero-order valence-corrected chi connectivity index (χ0v) is 16.9. The minimum Gasteiger partial charge on any atom is -0.354 e. The Bertz CT molecular complexity index is 1180. The number of aromatic nitrogens is 4. The second-order valence-corrected chi connectivity index (χ2v) is 7.15. The van der Waals surface area contributed by atoms with Crippen LogP contribution in [0.2, 0.25) is 0 Å². The Morgan fingerprint density at radius 1 is 1.03 bits per heavy atom. The average molecular weight is 421 g/mol. The van der Waals surface area contributed by atoms with Gasteiger partial charge < -0.3 is 9.88 Å². The summed E-state index contributed by atoms with van der Waals surface area (Å²) in [5, 5.41) is 7.35. The van der Waals surface area contributed by atoms with E-state index in [2.05, 4.69) is 15.4 Å². The van der Waals surface area contributed by atoms with Crippen LogP contribution in [-0.2, 0) is 24.8 Å². The van der Waals surface area contributed by atoms with Crippen LogP contribution in [0.15, 0.2) is 67.1 Å². The molecule has 0 fully saturated rings. The van der Waals surface area contributed by atoms with Gasteiger partial charge in [-0.1, -0.05) is 24.3 Å². The van der Waals surface area contributed by atoms with Crippen LogP contribution in [0.25, 0.3) is 22.6 Å². The van der Waals surface area contributed by atoms with Crippen molar-refractivity contribution in [3.05, 3.63) is 84.3 Å². The van der Waals surface area contributed by atoms with Gasteiger partial charge in [-0.3, -0.25) is 9.48 Å². The van der Waals surface area contributed by atoms with Crippen molar-refractivity contribution < 1.29 is 13.6 Å². The summed E-state index contributed by atoms with van der Waals surface area (Å²) in [5.74, 6) is -0.0781. The highest BCUT2D eigenvalue weighted by Crippen LogP contribution is 2.31. The van der Waals surface area contributed by atoms with Gasteiger partial charge in [0, 0.05) is 31.5 Å². The SMILES string of the molecule is Cn1ccnc1-c1c(-c2ccc(F)cc2)cnn1CCNC(=O)Cc1ccc(F)cc1. The summed E-state index contributed by atoms with van der Waals surface area (Å²) in [6, 6.07) is 12.1. The molecule has 0 spiro atoms. The highest BCUT2D eigenvalue weighted by Gasteiger charge is 2.18.